The van der Waals surface area contributed by atoms with Gasteiger partial charge in [-0.3, -0.25) is 0 Å². The summed E-state index contributed by atoms with van der Waals surface area (Å²) in [5.74, 6) is 0.506. The number of benzene rings is 1. The molecule has 1 saturated carbocycles. The number of esters is 1. The summed E-state index contributed by atoms with van der Waals surface area (Å²) in [4.78, 5) is 12.6. The molecule has 1 aliphatic carbocycles. The molecular weight excluding hydrogens is 262 g/mol. The molecule has 1 aliphatic rings. The van der Waals surface area contributed by atoms with Gasteiger partial charge in [0.1, 0.15) is 5.54 Å². The van der Waals surface area contributed by atoms with Crippen LogP contribution in [0.2, 0.25) is 0 Å². The summed E-state index contributed by atoms with van der Waals surface area (Å²) in [6, 6.07) is 8.15. The van der Waals surface area contributed by atoms with Gasteiger partial charge in [-0.05, 0) is 44.2 Å². The van der Waals surface area contributed by atoms with Crippen molar-refractivity contribution in [3.63, 3.8) is 0 Å². The van der Waals surface area contributed by atoms with Crippen molar-refractivity contribution in [1.29, 1.82) is 0 Å². The number of ether oxygens (including phenoxy) is 1. The Hall–Kier alpha value is -1.51. The predicted octanol–water partition coefficient (Wildman–Crippen LogP) is 4.31. The first-order valence-electron chi connectivity index (χ1n) is 8.12. The molecule has 1 aromatic rings. The van der Waals surface area contributed by atoms with Gasteiger partial charge >= 0.3 is 5.97 Å². The molecule has 2 atom stereocenters. The summed E-state index contributed by atoms with van der Waals surface area (Å²) < 4.78 is 5.39. The minimum atomic E-state index is -0.555. The van der Waals surface area contributed by atoms with Gasteiger partial charge in [0, 0.05) is 5.69 Å². The summed E-state index contributed by atoms with van der Waals surface area (Å²) >= 11 is 0. The molecule has 0 heterocycles. The largest absolute Gasteiger partial charge is 0.464 e. The molecule has 0 aliphatic heterocycles. The van der Waals surface area contributed by atoms with E-state index in [0.717, 1.165) is 31.4 Å². The molecule has 116 valence electrons. The molecule has 21 heavy (non-hydrogen) atoms. The lowest BCUT2D eigenvalue weighted by Gasteiger charge is -2.40. The second-order valence-electron chi connectivity index (χ2n) is 6.11. The van der Waals surface area contributed by atoms with Crippen LogP contribution in [-0.4, -0.2) is 18.1 Å². The molecule has 0 spiro atoms. The standard InChI is InChI=1S/C18H27NO2/c1-4-15-10-8-12-18(13-15,17(20)21-5-2)19-16-11-7-6-9-14(16)3/h6-7,9,11,15,19H,4-5,8,10,12-13H2,1-3H3. The van der Waals surface area contributed by atoms with Crippen molar-refractivity contribution in [2.24, 2.45) is 5.92 Å². The summed E-state index contributed by atoms with van der Waals surface area (Å²) in [6.45, 7) is 6.59. The Morgan fingerprint density at radius 1 is 1.38 bits per heavy atom. The summed E-state index contributed by atoms with van der Waals surface area (Å²) in [7, 11) is 0. The van der Waals surface area contributed by atoms with Gasteiger partial charge in [0.15, 0.2) is 0 Å². The number of anilines is 1. The van der Waals surface area contributed by atoms with Crippen LogP contribution in [0.4, 0.5) is 5.69 Å². The van der Waals surface area contributed by atoms with E-state index in [0.29, 0.717) is 12.5 Å². The molecule has 1 fully saturated rings. The zero-order chi connectivity index (χ0) is 15.3. The van der Waals surface area contributed by atoms with Crippen molar-refractivity contribution in [1.82, 2.24) is 0 Å². The number of hydrogen-bond acceptors (Lipinski definition) is 3. The first-order chi connectivity index (χ1) is 10.1. The van der Waals surface area contributed by atoms with E-state index in [9.17, 15) is 4.79 Å². The molecule has 1 aromatic carbocycles. The Labute approximate surface area is 128 Å². The number of aryl methyl sites for hydroxylation is 1. The topological polar surface area (TPSA) is 38.3 Å². The monoisotopic (exact) mass is 289 g/mol. The van der Waals surface area contributed by atoms with Crippen LogP contribution >= 0.6 is 0 Å². The third-order valence-corrected chi connectivity index (χ3v) is 4.62. The van der Waals surface area contributed by atoms with Crippen LogP contribution in [0, 0.1) is 12.8 Å². The molecule has 1 N–H and O–H groups in total. The Balaban J connectivity index is 2.27. The third-order valence-electron chi connectivity index (χ3n) is 4.62. The van der Waals surface area contributed by atoms with Crippen molar-refractivity contribution in [3.05, 3.63) is 29.8 Å². The lowest BCUT2D eigenvalue weighted by atomic mass is 9.74. The van der Waals surface area contributed by atoms with Crippen molar-refractivity contribution < 1.29 is 9.53 Å². The van der Waals surface area contributed by atoms with Gasteiger partial charge in [0.2, 0.25) is 0 Å². The Morgan fingerprint density at radius 2 is 2.14 bits per heavy atom. The minimum Gasteiger partial charge on any atom is -0.464 e. The maximum atomic E-state index is 12.6. The van der Waals surface area contributed by atoms with Gasteiger partial charge < -0.3 is 10.1 Å². The number of rotatable bonds is 5. The van der Waals surface area contributed by atoms with Crippen LogP contribution in [0.1, 0.15) is 51.5 Å². The fraction of sp³-hybridized carbons (Fsp3) is 0.611. The number of nitrogens with one attached hydrogen (secondary N) is 1. The molecule has 2 unspecified atom stereocenters. The molecule has 0 aromatic heterocycles. The minimum absolute atomic E-state index is 0.0913. The highest BCUT2D eigenvalue weighted by atomic mass is 16.5. The van der Waals surface area contributed by atoms with E-state index >= 15 is 0 Å². The average Bonchev–Trinajstić information content (AvgIpc) is 2.50. The summed E-state index contributed by atoms with van der Waals surface area (Å²) in [6.07, 6.45) is 5.15. The maximum Gasteiger partial charge on any atom is 0.331 e. The van der Waals surface area contributed by atoms with Gasteiger partial charge in [-0.1, -0.05) is 44.4 Å². The molecule has 0 radical (unpaired) electrons. The first kappa shape index (κ1) is 15.9. The van der Waals surface area contributed by atoms with Crippen molar-refractivity contribution in [2.75, 3.05) is 11.9 Å². The Morgan fingerprint density at radius 3 is 2.81 bits per heavy atom. The van der Waals surface area contributed by atoms with E-state index in [-0.39, 0.29) is 5.97 Å². The van der Waals surface area contributed by atoms with E-state index in [4.69, 9.17) is 4.74 Å². The summed E-state index contributed by atoms with van der Waals surface area (Å²) in [5.41, 5.74) is 1.66. The molecule has 3 nitrogen and oxygen atoms in total. The van der Waals surface area contributed by atoms with Crippen LogP contribution in [0.3, 0.4) is 0 Å². The number of carbonyl (C=O) groups excluding carboxylic acids is 1. The quantitative estimate of drug-likeness (QED) is 0.821. The van der Waals surface area contributed by atoms with E-state index < -0.39 is 5.54 Å². The highest BCUT2D eigenvalue weighted by Crippen LogP contribution is 2.38. The van der Waals surface area contributed by atoms with Crippen LogP contribution in [0.5, 0.6) is 0 Å². The van der Waals surface area contributed by atoms with Crippen LogP contribution in [0.15, 0.2) is 24.3 Å². The molecule has 0 bridgehead atoms. The van der Waals surface area contributed by atoms with E-state index in [1.54, 1.807) is 0 Å². The van der Waals surface area contributed by atoms with Gasteiger partial charge in [-0.2, -0.15) is 0 Å². The van der Waals surface area contributed by atoms with E-state index in [2.05, 4.69) is 25.2 Å². The summed E-state index contributed by atoms with van der Waals surface area (Å²) in [5, 5.41) is 3.54. The molecule has 2 rings (SSSR count). The van der Waals surface area contributed by atoms with Gasteiger partial charge in [0.25, 0.3) is 0 Å². The Bertz CT molecular complexity index is 486. The number of hydrogen-bond donors (Lipinski definition) is 1. The van der Waals surface area contributed by atoms with E-state index in [1.165, 1.54) is 12.0 Å². The van der Waals surface area contributed by atoms with Gasteiger partial charge in [0.05, 0.1) is 6.61 Å². The normalized spacial score (nSPS) is 25.4. The third kappa shape index (κ3) is 3.58. The first-order valence-corrected chi connectivity index (χ1v) is 8.12. The lowest BCUT2D eigenvalue weighted by Crippen LogP contribution is -2.51. The number of carbonyl (C=O) groups is 1. The Kier molecular flexibility index (Phi) is 5.27. The second-order valence-corrected chi connectivity index (χ2v) is 6.11. The molecular formula is C18H27NO2. The predicted molar refractivity (Wildman–Crippen MR) is 86.4 cm³/mol. The second kappa shape index (κ2) is 6.97. The smallest absolute Gasteiger partial charge is 0.331 e. The molecule has 0 saturated heterocycles. The number of para-hydroxylation sites is 1. The zero-order valence-electron chi connectivity index (χ0n) is 13.4. The van der Waals surface area contributed by atoms with Crippen LogP contribution < -0.4 is 5.32 Å². The van der Waals surface area contributed by atoms with E-state index in [1.807, 2.05) is 25.1 Å². The maximum absolute atomic E-state index is 12.6. The van der Waals surface area contributed by atoms with Gasteiger partial charge in [-0.25, -0.2) is 4.79 Å². The zero-order valence-corrected chi connectivity index (χ0v) is 13.4. The van der Waals surface area contributed by atoms with Gasteiger partial charge in [-0.15, -0.1) is 0 Å². The van der Waals surface area contributed by atoms with Crippen molar-refractivity contribution in [3.8, 4) is 0 Å². The highest BCUT2D eigenvalue weighted by Gasteiger charge is 2.43. The van der Waals surface area contributed by atoms with Crippen molar-refractivity contribution >= 4 is 11.7 Å². The molecule has 0 amide bonds. The molecule has 3 heteroatoms. The highest BCUT2D eigenvalue weighted by molar-refractivity contribution is 5.85. The van der Waals surface area contributed by atoms with Crippen LogP contribution in [0.25, 0.3) is 0 Å². The fourth-order valence-corrected chi connectivity index (χ4v) is 3.33. The van der Waals surface area contributed by atoms with Crippen molar-refractivity contribution in [2.45, 2.75) is 58.4 Å². The fourth-order valence-electron chi connectivity index (χ4n) is 3.33. The SMILES string of the molecule is CCOC(=O)C1(Nc2ccccc2C)CCCC(CC)C1. The van der Waals surface area contributed by atoms with Crippen LogP contribution in [-0.2, 0) is 9.53 Å². The average molecular weight is 289 g/mol. The lowest BCUT2D eigenvalue weighted by molar-refractivity contribution is -0.150.